The van der Waals surface area contributed by atoms with Crippen LogP contribution in [0.5, 0.6) is 17.5 Å². The molecule has 330 valence electrons. The van der Waals surface area contributed by atoms with Gasteiger partial charge in [-0.25, -0.2) is 9.78 Å². The van der Waals surface area contributed by atoms with Crippen molar-refractivity contribution in [2.24, 2.45) is 5.92 Å². The van der Waals surface area contributed by atoms with Crippen molar-refractivity contribution >= 4 is 29.1 Å². The van der Waals surface area contributed by atoms with Gasteiger partial charge in [0.15, 0.2) is 11.6 Å². The van der Waals surface area contributed by atoms with Crippen molar-refractivity contribution in [3.05, 3.63) is 60.5 Å². The number of piperidine rings is 1. The Balaban J connectivity index is 0.697. The number of phenolic OH excluding ortho intramolecular Hbond substituents is 1. The average molecular weight is 852 g/mol. The number of carbonyl (C=O) groups excluding carboxylic acids is 1. The van der Waals surface area contributed by atoms with Crippen LogP contribution in [0.2, 0.25) is 0 Å². The predicted octanol–water partition coefficient (Wildman–Crippen LogP) is 4.96. The van der Waals surface area contributed by atoms with Gasteiger partial charge in [0.1, 0.15) is 30.4 Å². The van der Waals surface area contributed by atoms with Gasteiger partial charge in [0.25, 0.3) is 5.88 Å². The van der Waals surface area contributed by atoms with Crippen LogP contribution in [-0.2, 0) is 14.3 Å². The first-order valence-electron chi connectivity index (χ1n) is 22.2. The van der Waals surface area contributed by atoms with Crippen LogP contribution in [0.15, 0.2) is 59.3 Å². The molecule has 17 heteroatoms. The van der Waals surface area contributed by atoms with Crippen molar-refractivity contribution in [3.63, 3.8) is 0 Å². The quantitative estimate of drug-likeness (QED) is 0.145. The third kappa shape index (κ3) is 8.82. The van der Waals surface area contributed by atoms with E-state index in [2.05, 4.69) is 47.2 Å². The highest BCUT2D eigenvalue weighted by Gasteiger charge is 2.42. The molecule has 7 heterocycles. The molecule has 1 amide bonds. The highest BCUT2D eigenvalue weighted by Crippen LogP contribution is 2.40. The number of carboxylic acids is 1. The van der Waals surface area contributed by atoms with Gasteiger partial charge < -0.3 is 49.4 Å². The maximum absolute atomic E-state index is 13.4. The number of rotatable bonds is 15. The number of para-hydroxylation sites is 1. The summed E-state index contributed by atoms with van der Waals surface area (Å²) >= 11 is 0. The first-order valence-corrected chi connectivity index (χ1v) is 22.2. The first kappa shape index (κ1) is 41.7. The Bertz CT molecular complexity index is 2190. The SMILES string of the molecule is CC(C)[C@@H](C(=O)N1CCC[C@H]1C(=O)O)c1cc(OCCN2CCC(O[C@H]3C[C@H](Oc4cc(N5C6CCC5CN(c5cc(-c7ccccc7O)nnc5N)C6)ccn4)C3)CC2)no1. The van der Waals surface area contributed by atoms with Gasteiger partial charge in [0.05, 0.1) is 23.6 Å². The molecule has 5 aliphatic rings. The van der Waals surface area contributed by atoms with Crippen molar-refractivity contribution in [1.29, 1.82) is 0 Å². The van der Waals surface area contributed by atoms with E-state index in [0.29, 0.717) is 72.7 Å². The van der Waals surface area contributed by atoms with Gasteiger partial charge in [-0.1, -0.05) is 26.0 Å². The van der Waals surface area contributed by atoms with E-state index >= 15 is 0 Å². The number of piperazine rings is 1. The molecule has 17 nitrogen and oxygen atoms in total. The van der Waals surface area contributed by atoms with Crippen LogP contribution in [0.1, 0.15) is 76.9 Å². The third-order valence-corrected chi connectivity index (χ3v) is 13.3. The fraction of sp³-hybridized carbons (Fsp3) is 0.556. The van der Waals surface area contributed by atoms with E-state index in [1.165, 1.54) is 4.90 Å². The van der Waals surface area contributed by atoms with Crippen molar-refractivity contribution in [2.45, 2.75) is 108 Å². The average Bonchev–Trinajstić information content (AvgIpc) is 3.99. The lowest BCUT2D eigenvalue weighted by Crippen LogP contribution is -2.54. The minimum absolute atomic E-state index is 0.0711. The second-order valence-corrected chi connectivity index (χ2v) is 17.7. The molecule has 3 aromatic heterocycles. The van der Waals surface area contributed by atoms with Crippen molar-refractivity contribution in [3.8, 4) is 28.8 Å². The number of likely N-dealkylation sites (tertiary alicyclic amines) is 2. The standard InChI is InChI=1S/C45H57N9O8/c1-27(2)42(44(56)53-15-5-7-36(53)45(57)58)39-24-41(50-62-39)59-19-18-51-16-12-31(13-17-51)60-32-21-33(22-32)61-40-20-28(11-14-47-40)54-29-9-10-30(54)26-52(25-29)37-23-35(48-49-43(37)46)34-6-3-4-8-38(34)55/h3-4,6,8,11,14,20,23-24,27,29-33,36,42,55H,5,7,9-10,12-13,15-19,21-22,25-26H2,1-2H3,(H2,46,49)(H,57,58)/t29?,30?,32-,33-,36-,42+/m0/s1. The van der Waals surface area contributed by atoms with Crippen LogP contribution in [0, 0.1) is 5.92 Å². The highest BCUT2D eigenvalue weighted by molar-refractivity contribution is 5.88. The largest absolute Gasteiger partial charge is 0.507 e. The minimum atomic E-state index is -0.974. The Morgan fingerprint density at radius 3 is 2.44 bits per heavy atom. The van der Waals surface area contributed by atoms with Gasteiger partial charge in [-0.15, -0.1) is 10.2 Å². The molecule has 0 radical (unpaired) electrons. The normalized spacial score (nSPS) is 24.6. The summed E-state index contributed by atoms with van der Waals surface area (Å²) in [6, 6.07) is 14.7. The summed E-state index contributed by atoms with van der Waals surface area (Å²) < 4.78 is 24.4. The summed E-state index contributed by atoms with van der Waals surface area (Å²) in [5.41, 5.74) is 9.55. The van der Waals surface area contributed by atoms with E-state index in [9.17, 15) is 19.8 Å². The highest BCUT2D eigenvalue weighted by atomic mass is 16.5. The van der Waals surface area contributed by atoms with Gasteiger partial charge in [-0.2, -0.15) is 0 Å². The summed E-state index contributed by atoms with van der Waals surface area (Å²) in [7, 11) is 0. The molecule has 4 saturated heterocycles. The molecule has 2 bridgehead atoms. The number of carboxylic acid groups (broad SMARTS) is 1. The fourth-order valence-electron chi connectivity index (χ4n) is 10.0. The number of hydrogen-bond acceptors (Lipinski definition) is 15. The maximum atomic E-state index is 13.4. The van der Waals surface area contributed by atoms with Crippen LogP contribution in [0.4, 0.5) is 17.2 Å². The Hall–Kier alpha value is -5.68. The molecule has 62 heavy (non-hydrogen) atoms. The van der Waals surface area contributed by atoms with Crippen LogP contribution < -0.4 is 25.0 Å². The van der Waals surface area contributed by atoms with Crippen LogP contribution in [0.3, 0.4) is 0 Å². The number of aliphatic carboxylic acids is 1. The summed E-state index contributed by atoms with van der Waals surface area (Å²) in [6.07, 6.45) is 9.16. The van der Waals surface area contributed by atoms with Gasteiger partial charge in [0, 0.05) is 93.8 Å². The number of aromatic hydroxyl groups is 1. The molecule has 4 aromatic rings. The Morgan fingerprint density at radius 1 is 0.919 bits per heavy atom. The van der Waals surface area contributed by atoms with Gasteiger partial charge in [0.2, 0.25) is 11.8 Å². The number of fused-ring (bicyclic) bond motifs is 2. The minimum Gasteiger partial charge on any atom is -0.507 e. The summed E-state index contributed by atoms with van der Waals surface area (Å²) in [6.45, 7) is 8.85. The number of amides is 1. The van der Waals surface area contributed by atoms with E-state index < -0.39 is 17.9 Å². The van der Waals surface area contributed by atoms with Gasteiger partial charge in [-0.3, -0.25) is 9.69 Å². The monoisotopic (exact) mass is 851 g/mol. The van der Waals surface area contributed by atoms with E-state index in [-0.39, 0.29) is 35.9 Å². The first-order chi connectivity index (χ1) is 30.1. The number of pyridine rings is 1. The topological polar surface area (TPSA) is 206 Å². The maximum Gasteiger partial charge on any atom is 0.326 e. The second kappa shape index (κ2) is 18.0. The Morgan fingerprint density at radius 2 is 1.69 bits per heavy atom. The summed E-state index contributed by atoms with van der Waals surface area (Å²) in [4.78, 5) is 38.3. The predicted molar refractivity (Wildman–Crippen MR) is 229 cm³/mol. The third-order valence-electron chi connectivity index (χ3n) is 13.3. The van der Waals surface area contributed by atoms with Crippen LogP contribution in [-0.4, -0.2) is 135 Å². The molecular formula is C45H57N9O8. The molecule has 1 saturated carbocycles. The second-order valence-electron chi connectivity index (χ2n) is 17.7. The lowest BCUT2D eigenvalue weighted by atomic mass is 9.91. The van der Waals surface area contributed by atoms with Gasteiger partial charge >= 0.3 is 5.97 Å². The summed E-state index contributed by atoms with van der Waals surface area (Å²) in [5, 5.41) is 32.6. The molecule has 4 N–H and O–H groups in total. The number of aromatic nitrogens is 4. The number of nitrogens with two attached hydrogens (primary N) is 1. The molecule has 4 atom stereocenters. The van der Waals surface area contributed by atoms with Crippen molar-refractivity contribution in [1.82, 2.24) is 30.1 Å². The molecule has 1 aliphatic carbocycles. The number of carbonyl (C=O) groups is 2. The lowest BCUT2D eigenvalue weighted by Gasteiger charge is -2.43. The zero-order valence-electron chi connectivity index (χ0n) is 35.4. The number of phenols is 1. The number of nitrogen functional groups attached to an aromatic ring is 1. The van der Waals surface area contributed by atoms with Crippen LogP contribution in [0.25, 0.3) is 11.3 Å². The van der Waals surface area contributed by atoms with E-state index in [1.807, 2.05) is 38.2 Å². The molecule has 1 aromatic carbocycles. The van der Waals surface area contributed by atoms with Crippen molar-refractivity contribution < 1.29 is 38.5 Å². The lowest BCUT2D eigenvalue weighted by molar-refractivity contribution is -0.149. The molecule has 0 spiro atoms. The number of anilines is 3. The Kier molecular flexibility index (Phi) is 12.1. The molecular weight excluding hydrogens is 795 g/mol. The van der Waals surface area contributed by atoms with E-state index in [1.54, 1.807) is 18.2 Å². The van der Waals surface area contributed by atoms with Crippen molar-refractivity contribution in [2.75, 3.05) is 61.4 Å². The Labute approximate surface area is 361 Å². The fourth-order valence-corrected chi connectivity index (χ4v) is 10.0. The molecule has 5 fully saturated rings. The molecule has 2 unspecified atom stereocenters. The number of benzene rings is 1. The molecule has 4 aliphatic heterocycles. The zero-order chi connectivity index (χ0) is 42.9. The number of ether oxygens (including phenoxy) is 3. The molecule has 9 rings (SSSR count). The van der Waals surface area contributed by atoms with E-state index in [4.69, 9.17) is 24.5 Å². The smallest absolute Gasteiger partial charge is 0.326 e. The van der Waals surface area contributed by atoms with Gasteiger partial charge in [-0.05, 0) is 73.9 Å². The van der Waals surface area contributed by atoms with Crippen LogP contribution >= 0.6 is 0 Å². The zero-order valence-corrected chi connectivity index (χ0v) is 35.4. The number of nitrogens with zero attached hydrogens (tertiary/aromatic N) is 8. The van der Waals surface area contributed by atoms with E-state index in [0.717, 1.165) is 82.6 Å². The summed E-state index contributed by atoms with van der Waals surface area (Å²) in [5.74, 6) is -0.0278. The number of hydrogen-bond donors (Lipinski definition) is 3.